The maximum absolute atomic E-state index is 11.9. The van der Waals surface area contributed by atoms with Gasteiger partial charge in [-0.2, -0.15) is 5.10 Å². The Hall–Kier alpha value is -2.54. The molecule has 2 aromatic rings. The molecule has 1 aromatic carbocycles. The van der Waals surface area contributed by atoms with Gasteiger partial charge in [-0.15, -0.1) is 0 Å². The van der Waals surface area contributed by atoms with Crippen molar-refractivity contribution in [3.63, 3.8) is 0 Å². The molecule has 0 aliphatic rings. The van der Waals surface area contributed by atoms with E-state index in [0.717, 1.165) is 5.56 Å². The van der Waals surface area contributed by atoms with Gasteiger partial charge < -0.3 is 16.4 Å². The maximum Gasteiger partial charge on any atom is 0.319 e. The Bertz CT molecular complexity index is 701. The number of primary amides is 1. The van der Waals surface area contributed by atoms with E-state index in [9.17, 15) is 9.59 Å². The second kappa shape index (κ2) is 7.64. The largest absolute Gasteiger partial charge is 0.368 e. The Morgan fingerprint density at radius 3 is 2.91 bits per heavy atom. The molecule has 1 aromatic heterocycles. The lowest BCUT2D eigenvalue weighted by Gasteiger charge is -2.14. The van der Waals surface area contributed by atoms with Crippen LogP contribution in [0.5, 0.6) is 0 Å². The van der Waals surface area contributed by atoms with Gasteiger partial charge in [0.15, 0.2) is 0 Å². The molecular weight excluding hydrogens is 318 g/mol. The summed E-state index contributed by atoms with van der Waals surface area (Å²) in [7, 11) is 0. The average molecular weight is 336 g/mol. The van der Waals surface area contributed by atoms with Crippen LogP contribution in [-0.4, -0.2) is 27.8 Å². The topological polar surface area (TPSA) is 102 Å². The summed E-state index contributed by atoms with van der Waals surface area (Å²) >= 11 is 5.94. The first kappa shape index (κ1) is 16.8. The van der Waals surface area contributed by atoms with E-state index in [-0.39, 0.29) is 18.6 Å². The normalized spacial score (nSPS) is 11.7. The zero-order valence-corrected chi connectivity index (χ0v) is 13.4. The molecule has 0 aliphatic heterocycles. The van der Waals surface area contributed by atoms with Crippen molar-refractivity contribution in [2.24, 2.45) is 5.73 Å². The van der Waals surface area contributed by atoms with Gasteiger partial charge >= 0.3 is 6.03 Å². The van der Waals surface area contributed by atoms with E-state index in [1.165, 1.54) is 17.1 Å². The number of amides is 3. The van der Waals surface area contributed by atoms with Crippen molar-refractivity contribution in [1.29, 1.82) is 0 Å². The van der Waals surface area contributed by atoms with Crippen molar-refractivity contribution in [2.45, 2.75) is 25.9 Å². The van der Waals surface area contributed by atoms with E-state index in [1.807, 2.05) is 25.1 Å². The van der Waals surface area contributed by atoms with Crippen LogP contribution in [0.1, 0.15) is 12.5 Å². The van der Waals surface area contributed by atoms with Crippen molar-refractivity contribution < 1.29 is 9.59 Å². The molecule has 8 heteroatoms. The molecule has 0 spiro atoms. The number of anilines is 1. The van der Waals surface area contributed by atoms with Crippen LogP contribution in [0.25, 0.3) is 0 Å². The number of rotatable bonds is 6. The fourth-order valence-corrected chi connectivity index (χ4v) is 2.35. The molecule has 0 fully saturated rings. The number of nitrogens with zero attached hydrogens (tertiary/aromatic N) is 2. The van der Waals surface area contributed by atoms with Crippen LogP contribution in [0.3, 0.4) is 0 Å². The number of nitrogens with one attached hydrogen (secondary N) is 2. The zero-order valence-electron chi connectivity index (χ0n) is 12.6. The highest BCUT2D eigenvalue weighted by Crippen LogP contribution is 2.12. The molecule has 2 rings (SSSR count). The van der Waals surface area contributed by atoms with Gasteiger partial charge in [0, 0.05) is 17.3 Å². The van der Waals surface area contributed by atoms with Crippen LogP contribution < -0.4 is 16.4 Å². The van der Waals surface area contributed by atoms with Crippen LogP contribution in [0, 0.1) is 0 Å². The summed E-state index contributed by atoms with van der Waals surface area (Å²) in [5.74, 6) is -0.501. The van der Waals surface area contributed by atoms with Gasteiger partial charge in [-0.25, -0.2) is 4.79 Å². The molecule has 3 amide bonds. The van der Waals surface area contributed by atoms with Gasteiger partial charge in [-0.1, -0.05) is 23.7 Å². The first-order valence-corrected chi connectivity index (χ1v) is 7.43. The van der Waals surface area contributed by atoms with Crippen LogP contribution in [0.2, 0.25) is 5.02 Å². The van der Waals surface area contributed by atoms with E-state index < -0.39 is 5.91 Å². The van der Waals surface area contributed by atoms with Gasteiger partial charge in [0.25, 0.3) is 0 Å². The third-order valence-electron chi connectivity index (χ3n) is 3.02. The van der Waals surface area contributed by atoms with Gasteiger partial charge in [0.1, 0.15) is 6.54 Å². The molecule has 0 unspecified atom stereocenters. The lowest BCUT2D eigenvalue weighted by Crippen LogP contribution is -2.37. The van der Waals surface area contributed by atoms with Crippen molar-refractivity contribution in [1.82, 2.24) is 15.1 Å². The molecule has 4 N–H and O–H groups in total. The SMILES string of the molecule is C[C@@H](Cc1cccc(Cl)c1)NC(=O)Nc1cnn(CC(N)=O)c1. The van der Waals surface area contributed by atoms with E-state index >= 15 is 0 Å². The number of hydrogen-bond donors (Lipinski definition) is 3. The molecule has 0 radical (unpaired) electrons. The van der Waals surface area contributed by atoms with Crippen molar-refractivity contribution >= 4 is 29.2 Å². The summed E-state index contributed by atoms with van der Waals surface area (Å²) in [6, 6.07) is 7.07. The summed E-state index contributed by atoms with van der Waals surface area (Å²) in [6.07, 6.45) is 3.64. The van der Waals surface area contributed by atoms with Crippen LogP contribution in [-0.2, 0) is 17.8 Å². The van der Waals surface area contributed by atoms with E-state index in [4.69, 9.17) is 17.3 Å². The average Bonchev–Trinajstić information content (AvgIpc) is 2.84. The quantitative estimate of drug-likeness (QED) is 0.749. The summed E-state index contributed by atoms with van der Waals surface area (Å²) < 4.78 is 1.35. The molecular formula is C15H18ClN5O2. The summed E-state index contributed by atoms with van der Waals surface area (Å²) in [4.78, 5) is 22.7. The molecule has 0 saturated heterocycles. The molecule has 1 atom stereocenters. The first-order valence-electron chi connectivity index (χ1n) is 7.05. The van der Waals surface area contributed by atoms with E-state index in [2.05, 4.69) is 15.7 Å². The zero-order chi connectivity index (χ0) is 16.8. The van der Waals surface area contributed by atoms with Gasteiger partial charge in [0.2, 0.25) is 5.91 Å². The van der Waals surface area contributed by atoms with Crippen LogP contribution in [0.4, 0.5) is 10.5 Å². The van der Waals surface area contributed by atoms with Crippen molar-refractivity contribution in [3.05, 3.63) is 47.2 Å². The Balaban J connectivity index is 1.84. The molecule has 23 heavy (non-hydrogen) atoms. The second-order valence-corrected chi connectivity index (χ2v) is 5.66. The second-order valence-electron chi connectivity index (χ2n) is 5.23. The van der Waals surface area contributed by atoms with Crippen LogP contribution in [0.15, 0.2) is 36.7 Å². The third kappa shape index (κ3) is 5.63. The predicted molar refractivity (Wildman–Crippen MR) is 88.2 cm³/mol. The lowest BCUT2D eigenvalue weighted by molar-refractivity contribution is -0.118. The number of hydrogen-bond acceptors (Lipinski definition) is 3. The standard InChI is InChI=1S/C15H18ClN5O2/c1-10(5-11-3-2-4-12(16)6-11)19-15(23)20-13-7-18-21(8-13)9-14(17)22/h2-4,6-8,10H,5,9H2,1H3,(H2,17,22)(H2,19,20,23)/t10-/m0/s1. The van der Waals surface area contributed by atoms with Crippen LogP contribution >= 0.6 is 11.6 Å². The maximum atomic E-state index is 11.9. The minimum Gasteiger partial charge on any atom is -0.368 e. The number of urea groups is 1. The highest BCUT2D eigenvalue weighted by Gasteiger charge is 2.10. The molecule has 0 saturated carbocycles. The Labute approximate surface area is 138 Å². The summed E-state index contributed by atoms with van der Waals surface area (Å²) in [5, 5.41) is 10.1. The van der Waals surface area contributed by atoms with Crippen molar-refractivity contribution in [3.8, 4) is 0 Å². The molecule has 7 nitrogen and oxygen atoms in total. The number of halogens is 1. The van der Waals surface area contributed by atoms with E-state index in [1.54, 1.807) is 6.07 Å². The van der Waals surface area contributed by atoms with Gasteiger partial charge in [-0.3, -0.25) is 9.48 Å². The number of carbonyl (C=O) groups is 2. The fraction of sp³-hybridized carbons (Fsp3) is 0.267. The number of nitrogens with two attached hydrogens (primary N) is 1. The summed E-state index contributed by atoms with van der Waals surface area (Å²) in [6.45, 7) is 1.87. The van der Waals surface area contributed by atoms with Gasteiger partial charge in [0.05, 0.1) is 11.9 Å². The predicted octanol–water partition coefficient (Wildman–Crippen LogP) is 1.77. The molecule has 0 bridgehead atoms. The van der Waals surface area contributed by atoms with E-state index in [0.29, 0.717) is 17.1 Å². The Kier molecular flexibility index (Phi) is 5.59. The van der Waals surface area contributed by atoms with Gasteiger partial charge in [-0.05, 0) is 31.0 Å². The summed E-state index contributed by atoms with van der Waals surface area (Å²) in [5.41, 5.74) is 6.60. The lowest BCUT2D eigenvalue weighted by atomic mass is 10.1. The Morgan fingerprint density at radius 1 is 1.43 bits per heavy atom. The smallest absolute Gasteiger partial charge is 0.319 e. The third-order valence-corrected chi connectivity index (χ3v) is 3.25. The van der Waals surface area contributed by atoms with Crippen molar-refractivity contribution in [2.75, 3.05) is 5.32 Å². The minimum atomic E-state index is -0.501. The monoisotopic (exact) mass is 335 g/mol. The molecule has 122 valence electrons. The number of benzene rings is 1. The highest BCUT2D eigenvalue weighted by atomic mass is 35.5. The Morgan fingerprint density at radius 2 is 2.22 bits per heavy atom. The number of carbonyl (C=O) groups excluding carboxylic acids is 2. The molecule has 0 aliphatic carbocycles. The fourth-order valence-electron chi connectivity index (χ4n) is 2.13. The minimum absolute atomic E-state index is 0.0333. The first-order chi connectivity index (χ1) is 10.9. The highest BCUT2D eigenvalue weighted by molar-refractivity contribution is 6.30. The molecule has 1 heterocycles. The number of aromatic nitrogens is 2.